The Hall–Kier alpha value is -3.40. The van der Waals surface area contributed by atoms with Gasteiger partial charge in [-0.25, -0.2) is 4.98 Å². The summed E-state index contributed by atoms with van der Waals surface area (Å²) in [6, 6.07) is 11.3. The number of amides is 1. The standard InChI is InChI=1S/C21H22N4O5S/c1-12(26)25-20(13-9-16(27-2)19(29-4)17(10-13)28-3)30-18(24-25)11-31-21-22-14-7-5-6-8-15(14)23-21/h5-10,20H,11H2,1-4H3,(H,22,23). The number of hydrazone groups is 1. The highest BCUT2D eigenvalue weighted by Gasteiger charge is 2.34. The van der Waals surface area contributed by atoms with E-state index in [1.54, 1.807) is 12.1 Å². The van der Waals surface area contributed by atoms with Crippen LogP contribution in [0.25, 0.3) is 11.0 Å². The molecular formula is C21H22N4O5S. The SMILES string of the molecule is COc1cc(C2OC(CSc3nc4ccccc4[nH]3)=NN2C(C)=O)cc(OC)c1OC. The molecule has 1 unspecified atom stereocenters. The van der Waals surface area contributed by atoms with Crippen LogP contribution in [-0.2, 0) is 9.53 Å². The molecule has 3 aromatic rings. The number of H-pyrrole nitrogens is 1. The van der Waals surface area contributed by atoms with E-state index in [0.717, 1.165) is 16.2 Å². The molecule has 0 aliphatic carbocycles. The second-order valence-corrected chi connectivity index (χ2v) is 7.60. The zero-order valence-electron chi connectivity index (χ0n) is 17.5. The number of rotatable bonds is 7. The fourth-order valence-corrected chi connectivity index (χ4v) is 3.99. The van der Waals surface area contributed by atoms with Crippen LogP contribution < -0.4 is 14.2 Å². The zero-order valence-corrected chi connectivity index (χ0v) is 18.4. The third kappa shape index (κ3) is 4.11. The molecule has 0 saturated carbocycles. The number of carbonyl (C=O) groups is 1. The van der Waals surface area contributed by atoms with Crippen molar-refractivity contribution < 1.29 is 23.7 Å². The first-order valence-corrected chi connectivity index (χ1v) is 10.4. The van der Waals surface area contributed by atoms with Crippen LogP contribution >= 0.6 is 11.8 Å². The number of thioether (sulfide) groups is 1. The maximum atomic E-state index is 12.2. The average Bonchev–Trinajstić information content (AvgIpc) is 3.40. The molecule has 0 saturated heterocycles. The highest BCUT2D eigenvalue weighted by Crippen LogP contribution is 2.42. The first-order chi connectivity index (χ1) is 15.0. The summed E-state index contributed by atoms with van der Waals surface area (Å²) in [5, 5.41) is 6.42. The molecule has 31 heavy (non-hydrogen) atoms. The summed E-state index contributed by atoms with van der Waals surface area (Å²) in [7, 11) is 4.60. The van der Waals surface area contributed by atoms with Crippen LogP contribution in [0.1, 0.15) is 18.7 Å². The van der Waals surface area contributed by atoms with E-state index < -0.39 is 6.23 Å². The van der Waals surface area contributed by atoms with Gasteiger partial charge in [-0.05, 0) is 24.3 Å². The van der Waals surface area contributed by atoms with Crippen molar-refractivity contribution in [3.05, 3.63) is 42.0 Å². The van der Waals surface area contributed by atoms with Crippen molar-refractivity contribution in [2.45, 2.75) is 18.3 Å². The van der Waals surface area contributed by atoms with Crippen LogP contribution in [0.4, 0.5) is 0 Å². The van der Waals surface area contributed by atoms with Crippen LogP contribution in [0.15, 0.2) is 46.7 Å². The van der Waals surface area contributed by atoms with Crippen LogP contribution in [0, 0.1) is 0 Å². The largest absolute Gasteiger partial charge is 0.493 e. The van der Waals surface area contributed by atoms with Crippen LogP contribution in [0.2, 0.25) is 0 Å². The van der Waals surface area contributed by atoms with Gasteiger partial charge in [0.1, 0.15) is 0 Å². The molecule has 9 nitrogen and oxygen atoms in total. The highest BCUT2D eigenvalue weighted by molar-refractivity contribution is 7.99. The molecule has 4 rings (SSSR count). The summed E-state index contributed by atoms with van der Waals surface area (Å²) in [4.78, 5) is 20.0. The monoisotopic (exact) mass is 442 g/mol. The lowest BCUT2D eigenvalue weighted by Gasteiger charge is -2.21. The molecule has 2 aromatic carbocycles. The Morgan fingerprint density at radius 3 is 2.48 bits per heavy atom. The van der Waals surface area contributed by atoms with Crippen molar-refractivity contribution in [3.8, 4) is 17.2 Å². The van der Waals surface area contributed by atoms with Crippen LogP contribution in [0.3, 0.4) is 0 Å². The Balaban J connectivity index is 1.55. The highest BCUT2D eigenvalue weighted by atomic mass is 32.2. The molecule has 1 aromatic heterocycles. The summed E-state index contributed by atoms with van der Waals surface area (Å²) >= 11 is 1.45. The number of hydrogen-bond acceptors (Lipinski definition) is 8. The topological polar surface area (TPSA) is 98.3 Å². The number of fused-ring (bicyclic) bond motifs is 1. The van der Waals surface area contributed by atoms with E-state index in [1.807, 2.05) is 24.3 Å². The first-order valence-electron chi connectivity index (χ1n) is 9.45. The van der Waals surface area contributed by atoms with Gasteiger partial charge in [0.05, 0.1) is 38.1 Å². The van der Waals surface area contributed by atoms with E-state index in [2.05, 4.69) is 15.1 Å². The minimum Gasteiger partial charge on any atom is -0.493 e. The zero-order chi connectivity index (χ0) is 22.0. The molecule has 1 amide bonds. The molecule has 162 valence electrons. The van der Waals surface area contributed by atoms with Crippen LogP contribution in [0.5, 0.6) is 17.2 Å². The lowest BCUT2D eigenvalue weighted by molar-refractivity contribution is -0.135. The van der Waals surface area contributed by atoms with Crippen LogP contribution in [-0.4, -0.2) is 53.9 Å². The van der Waals surface area contributed by atoms with E-state index in [1.165, 1.54) is 45.0 Å². The molecule has 0 bridgehead atoms. The Morgan fingerprint density at radius 1 is 1.16 bits per heavy atom. The van der Waals surface area contributed by atoms with Crippen molar-refractivity contribution in [1.29, 1.82) is 0 Å². The number of para-hydroxylation sites is 2. The fraction of sp³-hybridized carbons (Fsp3) is 0.286. The van der Waals surface area contributed by atoms with Gasteiger partial charge in [0, 0.05) is 12.5 Å². The second-order valence-electron chi connectivity index (χ2n) is 6.63. The maximum absolute atomic E-state index is 12.2. The van der Waals surface area contributed by atoms with Crippen molar-refractivity contribution in [3.63, 3.8) is 0 Å². The molecule has 0 radical (unpaired) electrons. The molecule has 1 aliphatic heterocycles. The quantitative estimate of drug-likeness (QED) is 0.559. The van der Waals surface area contributed by atoms with Gasteiger partial charge in [-0.3, -0.25) is 4.79 Å². The predicted octanol–water partition coefficient (Wildman–Crippen LogP) is 3.57. The Morgan fingerprint density at radius 2 is 1.87 bits per heavy atom. The number of carbonyl (C=O) groups excluding carboxylic acids is 1. The maximum Gasteiger partial charge on any atom is 0.243 e. The van der Waals surface area contributed by atoms with E-state index in [0.29, 0.717) is 34.5 Å². The molecular weight excluding hydrogens is 420 g/mol. The smallest absolute Gasteiger partial charge is 0.243 e. The third-order valence-corrected chi connectivity index (χ3v) is 5.54. The number of hydrogen-bond donors (Lipinski definition) is 1. The van der Waals surface area contributed by atoms with Gasteiger partial charge in [-0.2, -0.15) is 5.01 Å². The van der Waals surface area contributed by atoms with E-state index in [-0.39, 0.29) is 5.91 Å². The number of aromatic amines is 1. The number of ether oxygens (including phenoxy) is 4. The molecule has 1 N–H and O–H groups in total. The van der Waals surface area contributed by atoms with Crippen molar-refractivity contribution in [2.75, 3.05) is 27.1 Å². The van der Waals surface area contributed by atoms with Gasteiger partial charge in [-0.15, -0.1) is 5.10 Å². The molecule has 0 spiro atoms. The van der Waals surface area contributed by atoms with Crippen molar-refractivity contribution in [1.82, 2.24) is 15.0 Å². The minimum atomic E-state index is -0.738. The lowest BCUT2D eigenvalue weighted by Crippen LogP contribution is -2.25. The van der Waals surface area contributed by atoms with E-state index in [4.69, 9.17) is 18.9 Å². The number of imidazole rings is 1. The Labute approximate surface area is 183 Å². The fourth-order valence-electron chi connectivity index (χ4n) is 3.25. The Bertz CT molecular complexity index is 1090. The average molecular weight is 442 g/mol. The lowest BCUT2D eigenvalue weighted by atomic mass is 10.1. The number of nitrogens with one attached hydrogen (secondary N) is 1. The predicted molar refractivity (Wildman–Crippen MR) is 117 cm³/mol. The summed E-state index contributed by atoms with van der Waals surface area (Å²) in [6.45, 7) is 1.44. The third-order valence-electron chi connectivity index (χ3n) is 4.68. The summed E-state index contributed by atoms with van der Waals surface area (Å²) < 4.78 is 22.2. The summed E-state index contributed by atoms with van der Waals surface area (Å²) in [6.07, 6.45) is -0.738. The van der Waals surface area contributed by atoms with Gasteiger partial charge in [-0.1, -0.05) is 23.9 Å². The van der Waals surface area contributed by atoms with Gasteiger partial charge >= 0.3 is 0 Å². The van der Waals surface area contributed by atoms with Gasteiger partial charge in [0.15, 0.2) is 16.7 Å². The summed E-state index contributed by atoms with van der Waals surface area (Å²) in [5.41, 5.74) is 2.50. The normalized spacial score (nSPS) is 15.5. The van der Waals surface area contributed by atoms with Crippen molar-refractivity contribution in [2.24, 2.45) is 5.10 Å². The molecule has 2 heterocycles. The first kappa shape index (κ1) is 20.9. The number of methoxy groups -OCH3 is 3. The van der Waals surface area contributed by atoms with Gasteiger partial charge in [0.2, 0.25) is 23.8 Å². The van der Waals surface area contributed by atoms with E-state index in [9.17, 15) is 4.79 Å². The Kier molecular flexibility index (Phi) is 5.90. The number of nitrogens with zero attached hydrogens (tertiary/aromatic N) is 3. The van der Waals surface area contributed by atoms with Crippen molar-refractivity contribution >= 4 is 34.6 Å². The van der Waals surface area contributed by atoms with Gasteiger partial charge in [0.25, 0.3) is 0 Å². The molecule has 10 heteroatoms. The number of benzene rings is 2. The molecule has 1 atom stereocenters. The second kappa shape index (κ2) is 8.76. The molecule has 1 aliphatic rings. The van der Waals surface area contributed by atoms with Gasteiger partial charge < -0.3 is 23.9 Å². The summed E-state index contributed by atoms with van der Waals surface area (Å²) in [5.74, 6) is 1.97. The number of aromatic nitrogens is 2. The molecule has 0 fully saturated rings. The van der Waals surface area contributed by atoms with E-state index >= 15 is 0 Å². The minimum absolute atomic E-state index is 0.248.